The highest BCUT2D eigenvalue weighted by Gasteiger charge is 2.37. The second-order valence-corrected chi connectivity index (χ2v) is 11.1. The van der Waals surface area contributed by atoms with Crippen LogP contribution in [0.1, 0.15) is 56.6 Å². The summed E-state index contributed by atoms with van der Waals surface area (Å²) in [6, 6.07) is 7.89. The zero-order valence-electron chi connectivity index (χ0n) is 23.5. The average molecular weight is 528 g/mol. The average Bonchev–Trinajstić information content (AvgIpc) is 3.32. The van der Waals surface area contributed by atoms with Crippen LogP contribution in [0.25, 0.3) is 11.0 Å². The summed E-state index contributed by atoms with van der Waals surface area (Å²) in [7, 11) is 3.45. The number of nitrogens with one attached hydrogen (secondary N) is 1. The molecule has 1 aromatic carbocycles. The Hall–Kier alpha value is -2.49. The fraction of sp³-hybridized carbons (Fsp3) is 0.690. The largest absolute Gasteiger partial charge is 0.385 e. The van der Waals surface area contributed by atoms with Gasteiger partial charge in [-0.2, -0.15) is 0 Å². The van der Waals surface area contributed by atoms with Gasteiger partial charge < -0.3 is 29.2 Å². The number of ether oxygens (including phenoxy) is 2. The molecule has 1 aromatic heterocycles. The molecule has 0 radical (unpaired) electrons. The van der Waals surface area contributed by atoms with Crippen molar-refractivity contribution in [2.24, 2.45) is 11.8 Å². The molecule has 0 saturated carbocycles. The van der Waals surface area contributed by atoms with Crippen molar-refractivity contribution in [2.45, 2.75) is 64.6 Å². The van der Waals surface area contributed by atoms with Crippen LogP contribution in [0, 0.1) is 11.8 Å². The van der Waals surface area contributed by atoms with Crippen LogP contribution in [0.15, 0.2) is 24.3 Å². The van der Waals surface area contributed by atoms with Crippen LogP contribution in [0.2, 0.25) is 0 Å². The Kier molecular flexibility index (Phi) is 10.2. The summed E-state index contributed by atoms with van der Waals surface area (Å²) in [6.07, 6.45) is 4.49. The van der Waals surface area contributed by atoms with E-state index in [4.69, 9.17) is 14.5 Å². The number of benzene rings is 1. The first-order valence-electron chi connectivity index (χ1n) is 14.2. The number of likely N-dealkylation sites (tertiary alicyclic amines) is 1. The molecule has 0 aliphatic carbocycles. The summed E-state index contributed by atoms with van der Waals surface area (Å²) in [6.45, 7) is 9.10. The Morgan fingerprint density at radius 1 is 1.13 bits per heavy atom. The molecule has 9 heteroatoms. The molecule has 2 amide bonds. The molecule has 2 saturated heterocycles. The third-order valence-corrected chi connectivity index (χ3v) is 7.85. The summed E-state index contributed by atoms with van der Waals surface area (Å²) in [5, 5.41) is 3.47. The van der Waals surface area contributed by atoms with E-state index in [9.17, 15) is 9.59 Å². The van der Waals surface area contributed by atoms with E-state index in [0.29, 0.717) is 50.9 Å². The van der Waals surface area contributed by atoms with Crippen LogP contribution in [0.5, 0.6) is 0 Å². The highest BCUT2D eigenvalue weighted by Crippen LogP contribution is 2.25. The van der Waals surface area contributed by atoms with Gasteiger partial charge in [0.1, 0.15) is 0 Å². The Labute approximate surface area is 226 Å². The van der Waals surface area contributed by atoms with Crippen LogP contribution in [0.4, 0.5) is 0 Å². The van der Waals surface area contributed by atoms with Gasteiger partial charge in [-0.3, -0.25) is 9.59 Å². The monoisotopic (exact) mass is 527 g/mol. The molecule has 38 heavy (non-hydrogen) atoms. The number of amides is 2. The number of fused-ring (bicyclic) bond motifs is 1. The zero-order chi connectivity index (χ0) is 27.1. The van der Waals surface area contributed by atoms with Gasteiger partial charge in [-0.25, -0.2) is 4.98 Å². The fourth-order valence-corrected chi connectivity index (χ4v) is 5.82. The molecule has 0 spiro atoms. The molecule has 4 rings (SSSR count). The molecule has 210 valence electrons. The van der Waals surface area contributed by atoms with E-state index in [-0.39, 0.29) is 29.9 Å². The van der Waals surface area contributed by atoms with Crippen molar-refractivity contribution in [1.82, 2.24) is 24.7 Å². The maximum atomic E-state index is 14.2. The summed E-state index contributed by atoms with van der Waals surface area (Å²) >= 11 is 0. The maximum Gasteiger partial charge on any atom is 0.290 e. The van der Waals surface area contributed by atoms with Gasteiger partial charge in [0.15, 0.2) is 5.82 Å². The number of hydrogen-bond donors (Lipinski definition) is 1. The lowest BCUT2D eigenvalue weighted by molar-refractivity contribution is -0.139. The third kappa shape index (κ3) is 6.74. The number of carbonyl (C=O) groups excluding carboxylic acids is 2. The highest BCUT2D eigenvalue weighted by molar-refractivity contribution is 5.95. The summed E-state index contributed by atoms with van der Waals surface area (Å²) in [5.74, 6) is 0.784. The Morgan fingerprint density at radius 2 is 1.89 bits per heavy atom. The van der Waals surface area contributed by atoms with Gasteiger partial charge in [-0.1, -0.05) is 26.0 Å². The number of para-hydroxylation sites is 2. The van der Waals surface area contributed by atoms with Gasteiger partial charge in [-0.15, -0.1) is 0 Å². The summed E-state index contributed by atoms with van der Waals surface area (Å²) in [5.41, 5.74) is 1.81. The number of nitrogens with zero attached hydrogens (tertiary/aromatic N) is 4. The lowest BCUT2D eigenvalue weighted by Gasteiger charge is -2.40. The van der Waals surface area contributed by atoms with E-state index >= 15 is 0 Å². The molecule has 0 bridgehead atoms. The van der Waals surface area contributed by atoms with E-state index < -0.39 is 0 Å². The lowest BCUT2D eigenvalue weighted by Crippen LogP contribution is -2.56. The van der Waals surface area contributed by atoms with Gasteiger partial charge in [0, 0.05) is 66.1 Å². The SMILES string of the molecule is COCCCCn1c(C(=O)N(CC(C)C)C2CNCC(C(=O)N3CCC(OC)CC3)C2)nc2ccccc21. The van der Waals surface area contributed by atoms with Crippen molar-refractivity contribution < 1.29 is 19.1 Å². The Balaban J connectivity index is 1.53. The van der Waals surface area contributed by atoms with Crippen LogP contribution in [0.3, 0.4) is 0 Å². The van der Waals surface area contributed by atoms with E-state index in [1.165, 1.54) is 0 Å². The zero-order valence-corrected chi connectivity index (χ0v) is 23.5. The quantitative estimate of drug-likeness (QED) is 0.452. The van der Waals surface area contributed by atoms with Crippen LogP contribution in [-0.4, -0.2) is 96.9 Å². The number of unbranched alkanes of at least 4 members (excludes halogenated alkanes) is 1. The Morgan fingerprint density at radius 3 is 2.61 bits per heavy atom. The number of rotatable bonds is 11. The topological polar surface area (TPSA) is 88.9 Å². The van der Waals surface area contributed by atoms with E-state index in [2.05, 4.69) is 23.7 Å². The van der Waals surface area contributed by atoms with Crippen LogP contribution >= 0.6 is 0 Å². The third-order valence-electron chi connectivity index (χ3n) is 7.85. The van der Waals surface area contributed by atoms with Crippen LogP contribution < -0.4 is 5.32 Å². The number of hydrogen-bond acceptors (Lipinski definition) is 6. The molecule has 2 aliphatic heterocycles. The van der Waals surface area contributed by atoms with Gasteiger partial charge >= 0.3 is 0 Å². The minimum absolute atomic E-state index is 0.0533. The van der Waals surface area contributed by atoms with Gasteiger partial charge in [0.05, 0.1) is 23.1 Å². The van der Waals surface area contributed by atoms with Crippen molar-refractivity contribution in [3.8, 4) is 0 Å². The second kappa shape index (κ2) is 13.5. The number of carbonyl (C=O) groups is 2. The van der Waals surface area contributed by atoms with Gasteiger partial charge in [0.2, 0.25) is 5.91 Å². The van der Waals surface area contributed by atoms with E-state index in [0.717, 1.165) is 49.8 Å². The molecule has 2 atom stereocenters. The predicted molar refractivity (Wildman–Crippen MR) is 148 cm³/mol. The first-order valence-corrected chi connectivity index (χ1v) is 14.2. The van der Waals surface area contributed by atoms with Crippen molar-refractivity contribution in [3.05, 3.63) is 30.1 Å². The second-order valence-electron chi connectivity index (χ2n) is 11.1. The minimum atomic E-state index is -0.136. The molecule has 1 N–H and O–H groups in total. The molecular weight excluding hydrogens is 482 g/mol. The van der Waals surface area contributed by atoms with Crippen molar-refractivity contribution in [3.63, 3.8) is 0 Å². The lowest BCUT2D eigenvalue weighted by atomic mass is 9.92. The number of imidazole rings is 1. The summed E-state index contributed by atoms with van der Waals surface area (Å²) in [4.78, 5) is 36.4. The molecule has 9 nitrogen and oxygen atoms in total. The summed E-state index contributed by atoms with van der Waals surface area (Å²) < 4.78 is 12.8. The Bertz CT molecular complexity index is 1060. The van der Waals surface area contributed by atoms with E-state index in [1.807, 2.05) is 34.1 Å². The first kappa shape index (κ1) is 28.5. The molecular formula is C29H45N5O4. The van der Waals surface area contributed by atoms with Gasteiger partial charge in [-0.05, 0) is 50.2 Å². The van der Waals surface area contributed by atoms with Crippen molar-refractivity contribution in [2.75, 3.05) is 53.6 Å². The minimum Gasteiger partial charge on any atom is -0.385 e. The number of aromatic nitrogens is 2. The molecule has 2 aromatic rings. The van der Waals surface area contributed by atoms with Crippen molar-refractivity contribution in [1.29, 1.82) is 0 Å². The van der Waals surface area contributed by atoms with E-state index in [1.54, 1.807) is 14.2 Å². The molecule has 2 fully saturated rings. The maximum absolute atomic E-state index is 14.2. The predicted octanol–water partition coefficient (Wildman–Crippen LogP) is 3.18. The van der Waals surface area contributed by atoms with Crippen LogP contribution in [-0.2, 0) is 20.8 Å². The number of methoxy groups -OCH3 is 2. The number of piperidine rings is 2. The highest BCUT2D eigenvalue weighted by atomic mass is 16.5. The molecule has 3 heterocycles. The normalized spacial score (nSPS) is 20.8. The van der Waals surface area contributed by atoms with Crippen molar-refractivity contribution >= 4 is 22.8 Å². The molecule has 2 unspecified atom stereocenters. The fourth-order valence-electron chi connectivity index (χ4n) is 5.82. The standard InChI is InChI=1S/C29H45N5O4/c1-21(2)20-34(23-17-22(18-30-19-23)28(35)32-14-11-24(38-4)12-15-32)29(36)27-31-25-9-5-6-10-26(25)33(27)13-7-8-16-37-3/h5-6,9-10,21-24,30H,7-8,11-20H2,1-4H3. The first-order chi connectivity index (χ1) is 18.4. The molecule has 2 aliphatic rings. The van der Waals surface area contributed by atoms with Gasteiger partial charge in [0.25, 0.3) is 5.91 Å². The smallest absolute Gasteiger partial charge is 0.290 e. The number of aryl methyl sites for hydroxylation is 1.